The smallest absolute Gasteiger partial charge is 0.281 e. The van der Waals surface area contributed by atoms with Crippen LogP contribution in [-0.2, 0) is 18.3 Å². The van der Waals surface area contributed by atoms with Crippen molar-refractivity contribution in [2.24, 2.45) is 12.0 Å². The van der Waals surface area contributed by atoms with E-state index in [1.807, 2.05) is 25.1 Å². The molecule has 0 spiro atoms. The van der Waals surface area contributed by atoms with Crippen molar-refractivity contribution >= 4 is 29.0 Å². The van der Waals surface area contributed by atoms with E-state index in [0.29, 0.717) is 28.8 Å². The highest BCUT2D eigenvalue weighted by Crippen LogP contribution is 2.26. The van der Waals surface area contributed by atoms with Gasteiger partial charge >= 0.3 is 0 Å². The number of hydrogen-bond acceptors (Lipinski definition) is 6. The van der Waals surface area contributed by atoms with Crippen LogP contribution in [0.25, 0.3) is 0 Å². The van der Waals surface area contributed by atoms with Gasteiger partial charge in [0, 0.05) is 17.1 Å². The van der Waals surface area contributed by atoms with E-state index in [1.54, 1.807) is 31.3 Å². The fraction of sp³-hybridized carbons (Fsp3) is 0.227. The van der Waals surface area contributed by atoms with Crippen LogP contribution in [0.5, 0.6) is 11.5 Å². The first kappa shape index (κ1) is 21.4. The Kier molecular flexibility index (Phi) is 6.27. The average molecular weight is 459 g/mol. The second-order valence-corrected chi connectivity index (χ2v) is 8.06. The second kappa shape index (κ2) is 9.09. The molecule has 1 N–H and O–H groups in total. The molecule has 2 heterocycles. The quantitative estimate of drug-likeness (QED) is 0.622. The largest absolute Gasteiger partial charge is 0.455 e. The second-order valence-electron chi connectivity index (χ2n) is 7.22. The zero-order chi connectivity index (χ0) is 22.0. The number of aryl methyl sites for hydroxylation is 2. The summed E-state index contributed by atoms with van der Waals surface area (Å²) >= 11 is 12.4. The minimum Gasteiger partial charge on any atom is -0.455 e. The molecular weight excluding hydrogens is 439 g/mol. The van der Waals surface area contributed by atoms with Crippen LogP contribution in [-0.4, -0.2) is 28.3 Å². The number of halogens is 2. The van der Waals surface area contributed by atoms with Gasteiger partial charge in [-0.2, -0.15) is 5.10 Å². The summed E-state index contributed by atoms with van der Waals surface area (Å²) in [7, 11) is 1.56. The summed E-state index contributed by atoms with van der Waals surface area (Å²) in [6.07, 6.45) is 2.03. The number of nitrogens with zero attached hydrogens (tertiary/aromatic N) is 3. The number of hydrogen-bond donors (Lipinski definition) is 1. The Morgan fingerprint density at radius 3 is 2.87 bits per heavy atom. The number of aliphatic imine (C=N–C) groups is 1. The molecule has 1 unspecified atom stereocenters. The number of amidine groups is 1. The molecule has 0 aliphatic carbocycles. The lowest BCUT2D eigenvalue weighted by molar-refractivity contribution is 0.0622. The molecule has 1 aliphatic heterocycles. The molecule has 3 aromatic rings. The van der Waals surface area contributed by atoms with Crippen molar-refractivity contribution in [1.29, 1.82) is 0 Å². The Morgan fingerprint density at radius 2 is 2.10 bits per heavy atom. The monoisotopic (exact) mass is 458 g/mol. The number of hydroxylamine groups is 1. The van der Waals surface area contributed by atoms with Gasteiger partial charge in [-0.25, -0.2) is 10.2 Å². The predicted octanol–water partition coefficient (Wildman–Crippen LogP) is 4.08. The molecule has 0 saturated carbocycles. The van der Waals surface area contributed by atoms with Crippen LogP contribution in [0.1, 0.15) is 16.7 Å². The molecule has 7 nitrogen and oxygen atoms in total. The number of ether oxygens (including phenoxy) is 1. The maximum Gasteiger partial charge on any atom is 0.281 e. The number of benzene rings is 2. The van der Waals surface area contributed by atoms with E-state index in [0.717, 1.165) is 11.1 Å². The van der Waals surface area contributed by atoms with Gasteiger partial charge < -0.3 is 4.74 Å². The Balaban J connectivity index is 1.68. The normalized spacial score (nSPS) is 15.9. The fourth-order valence-electron chi connectivity index (χ4n) is 3.22. The molecule has 1 atom stereocenters. The standard InChI is InChI=1S/C22H20Cl2N4O3/c1-13-6-7-14(18(24)8-13)9-16-12-30-27-21(26-16)20-19(11-25-28(2)22(20)29)31-17-5-3-4-15(23)10-17/h3-8,10-11,16H,9,12H2,1-2H3,(H,26,27). The van der Waals surface area contributed by atoms with Crippen molar-refractivity contribution in [3.8, 4) is 11.5 Å². The van der Waals surface area contributed by atoms with Crippen LogP contribution < -0.4 is 15.8 Å². The molecule has 4 rings (SSSR count). The van der Waals surface area contributed by atoms with Crippen LogP contribution >= 0.6 is 23.2 Å². The first-order valence-electron chi connectivity index (χ1n) is 9.61. The van der Waals surface area contributed by atoms with Gasteiger partial charge in [-0.05, 0) is 48.7 Å². The van der Waals surface area contributed by atoms with Gasteiger partial charge in [0.25, 0.3) is 5.56 Å². The maximum atomic E-state index is 12.9. The summed E-state index contributed by atoms with van der Waals surface area (Å²) in [6, 6.07) is 12.6. The highest BCUT2D eigenvalue weighted by molar-refractivity contribution is 6.31. The van der Waals surface area contributed by atoms with Gasteiger partial charge in [-0.3, -0.25) is 14.6 Å². The van der Waals surface area contributed by atoms with E-state index in [9.17, 15) is 4.79 Å². The summed E-state index contributed by atoms with van der Waals surface area (Å²) in [6.45, 7) is 2.32. The van der Waals surface area contributed by atoms with Crippen molar-refractivity contribution in [2.75, 3.05) is 6.61 Å². The molecule has 0 radical (unpaired) electrons. The highest BCUT2D eigenvalue weighted by atomic mass is 35.5. The first-order chi connectivity index (χ1) is 14.9. The molecule has 0 saturated heterocycles. The molecule has 31 heavy (non-hydrogen) atoms. The third-order valence-corrected chi connectivity index (χ3v) is 5.37. The minimum atomic E-state index is -0.372. The van der Waals surface area contributed by atoms with Crippen molar-refractivity contribution in [2.45, 2.75) is 19.4 Å². The summed E-state index contributed by atoms with van der Waals surface area (Å²) in [5.41, 5.74) is 4.65. The Labute approximate surface area is 189 Å². The van der Waals surface area contributed by atoms with E-state index >= 15 is 0 Å². The highest BCUT2D eigenvalue weighted by Gasteiger charge is 2.24. The zero-order valence-electron chi connectivity index (χ0n) is 16.9. The molecule has 0 fully saturated rings. The third kappa shape index (κ3) is 4.90. The zero-order valence-corrected chi connectivity index (χ0v) is 18.4. The molecule has 0 amide bonds. The van der Waals surface area contributed by atoms with Gasteiger partial charge in [-0.15, -0.1) is 0 Å². The first-order valence-corrected chi connectivity index (χ1v) is 10.4. The van der Waals surface area contributed by atoms with Crippen molar-refractivity contribution in [1.82, 2.24) is 15.3 Å². The number of aromatic nitrogens is 2. The predicted molar refractivity (Wildman–Crippen MR) is 120 cm³/mol. The van der Waals surface area contributed by atoms with E-state index < -0.39 is 0 Å². The Bertz CT molecular complexity index is 1210. The van der Waals surface area contributed by atoms with E-state index in [4.69, 9.17) is 37.8 Å². The van der Waals surface area contributed by atoms with Crippen LogP contribution in [0.3, 0.4) is 0 Å². The summed E-state index contributed by atoms with van der Waals surface area (Å²) in [4.78, 5) is 23.1. The Hall–Kier alpha value is -2.87. The number of nitrogens with one attached hydrogen (secondary N) is 1. The lowest BCUT2D eigenvalue weighted by Gasteiger charge is -2.23. The van der Waals surface area contributed by atoms with E-state index in [1.165, 1.54) is 10.9 Å². The van der Waals surface area contributed by atoms with Crippen LogP contribution in [0, 0.1) is 6.92 Å². The lowest BCUT2D eigenvalue weighted by atomic mass is 10.0. The SMILES string of the molecule is Cc1ccc(CC2CONC(c3c(Oc4cccc(Cl)c4)cnn(C)c3=O)=N2)c(Cl)c1. The molecule has 9 heteroatoms. The van der Waals surface area contributed by atoms with Gasteiger partial charge in [0.1, 0.15) is 11.3 Å². The van der Waals surface area contributed by atoms with Crippen LogP contribution in [0.15, 0.2) is 58.4 Å². The van der Waals surface area contributed by atoms with E-state index in [-0.39, 0.29) is 28.7 Å². The summed E-state index contributed by atoms with van der Waals surface area (Å²) in [5.74, 6) is 0.998. The van der Waals surface area contributed by atoms with Crippen molar-refractivity contribution in [3.63, 3.8) is 0 Å². The molecular formula is C22H20Cl2N4O3. The number of rotatable bonds is 5. The minimum absolute atomic E-state index is 0.220. The van der Waals surface area contributed by atoms with Gasteiger partial charge in [0.05, 0.1) is 18.8 Å². The lowest BCUT2D eigenvalue weighted by Crippen LogP contribution is -2.40. The molecule has 1 aliphatic rings. The topological polar surface area (TPSA) is 77.7 Å². The fourth-order valence-corrected chi connectivity index (χ4v) is 3.71. The molecule has 160 valence electrons. The van der Waals surface area contributed by atoms with Gasteiger partial charge in [0.2, 0.25) is 0 Å². The van der Waals surface area contributed by atoms with Gasteiger partial charge in [0.15, 0.2) is 11.6 Å². The third-order valence-electron chi connectivity index (χ3n) is 4.78. The summed E-state index contributed by atoms with van der Waals surface area (Å²) < 4.78 is 7.12. The maximum absolute atomic E-state index is 12.9. The van der Waals surface area contributed by atoms with E-state index in [2.05, 4.69) is 10.6 Å². The molecule has 1 aromatic heterocycles. The van der Waals surface area contributed by atoms with Crippen molar-refractivity contribution < 1.29 is 9.57 Å². The van der Waals surface area contributed by atoms with Gasteiger partial charge in [-0.1, -0.05) is 41.4 Å². The summed E-state index contributed by atoms with van der Waals surface area (Å²) in [5, 5.41) is 5.26. The van der Waals surface area contributed by atoms with Crippen LogP contribution in [0.2, 0.25) is 10.0 Å². The van der Waals surface area contributed by atoms with Crippen LogP contribution in [0.4, 0.5) is 0 Å². The Morgan fingerprint density at radius 1 is 1.26 bits per heavy atom. The molecule has 0 bridgehead atoms. The molecule has 2 aromatic carbocycles. The average Bonchev–Trinajstić information content (AvgIpc) is 2.73. The van der Waals surface area contributed by atoms with Crippen molar-refractivity contribution in [3.05, 3.63) is 85.8 Å².